The maximum Gasteiger partial charge on any atom is 0.159 e. The molecule has 4 aliphatic carbocycles. The lowest BCUT2D eigenvalue weighted by molar-refractivity contribution is -0.220. The predicted molar refractivity (Wildman–Crippen MR) is 223 cm³/mol. The van der Waals surface area contributed by atoms with Crippen molar-refractivity contribution in [3.05, 3.63) is 83.4 Å². The number of fused-ring (bicyclic) bond motifs is 4. The number of ketones is 1. The molecule has 8 bridgehead atoms. The Bertz CT molecular complexity index is 2020. The number of rotatable bonds is 6. The van der Waals surface area contributed by atoms with E-state index in [-0.39, 0.29) is 60.1 Å². The largest absolute Gasteiger partial charge is 0.396 e. The summed E-state index contributed by atoms with van der Waals surface area (Å²) < 4.78 is 20.5. The Kier molecular flexibility index (Phi) is 11.0. The molecule has 314 valence electrons. The van der Waals surface area contributed by atoms with E-state index in [0.29, 0.717) is 38.7 Å². The van der Waals surface area contributed by atoms with Crippen molar-refractivity contribution < 1.29 is 39.4 Å². The molecule has 4 N–H and O–H groups in total. The van der Waals surface area contributed by atoms with Crippen LogP contribution in [0.3, 0.4) is 0 Å². The lowest BCUT2D eigenvalue weighted by atomic mass is 9.42. The first kappa shape index (κ1) is 41.1. The second-order valence-corrected chi connectivity index (χ2v) is 19.6. The van der Waals surface area contributed by atoms with E-state index in [2.05, 4.69) is 61.8 Å². The van der Waals surface area contributed by atoms with Crippen LogP contribution in [0.15, 0.2) is 72.3 Å². The second-order valence-electron chi connectivity index (χ2n) is 19.6. The molecular weight excluding hydrogens is 741 g/mol. The molecule has 1 saturated heterocycles. The maximum absolute atomic E-state index is 14.6. The minimum atomic E-state index is -1.68. The summed E-state index contributed by atoms with van der Waals surface area (Å²) in [6, 6.07) is 20.5. The Labute approximate surface area is 350 Å². The number of allylic oxidation sites excluding steroid dienone is 1. The van der Waals surface area contributed by atoms with Crippen LogP contribution in [0.5, 0.6) is 0 Å². The third kappa shape index (κ3) is 6.69. The fourth-order valence-electron chi connectivity index (χ4n) is 13.8. The van der Waals surface area contributed by atoms with Gasteiger partial charge in [-0.25, -0.2) is 0 Å². The molecule has 1 spiro atoms. The van der Waals surface area contributed by atoms with Gasteiger partial charge < -0.3 is 34.6 Å². The summed E-state index contributed by atoms with van der Waals surface area (Å²) >= 11 is 0. The Morgan fingerprint density at radius 2 is 1.63 bits per heavy atom. The number of aryl methyl sites for hydroxylation is 1. The standard InChI is InChI=1S/C51H62O8/c1-48-24-22-36-28-41(48)43(54)29-40-39(48)27-35-19-11-21-42(53)45-37(20-10-15-32-13-6-4-7-14-32)38(30-52)46(59-45)47(55)50(3,56)44-23-25-51(40,49(35,44)2)58-26-12-18-34(31-57-36)33-16-8-5-9-17-33/h4-9,13-14,16-17,29,34-39,41-42,44-47,52-53,55-56H,10,15,19-20,22-28,30-31H2,1-3H3. The molecule has 4 fully saturated rings. The molecule has 0 aromatic heterocycles. The van der Waals surface area contributed by atoms with Gasteiger partial charge in [0.2, 0.25) is 0 Å². The molecule has 0 radical (unpaired) electrons. The van der Waals surface area contributed by atoms with E-state index in [1.54, 1.807) is 6.92 Å². The summed E-state index contributed by atoms with van der Waals surface area (Å²) in [6.07, 6.45) is 4.67. The molecule has 3 saturated carbocycles. The molecule has 16 atom stereocenters. The van der Waals surface area contributed by atoms with E-state index in [1.807, 2.05) is 42.5 Å². The number of aliphatic hydroxyl groups is 4. The third-order valence-electron chi connectivity index (χ3n) is 17.0. The highest BCUT2D eigenvalue weighted by Crippen LogP contribution is 2.72. The van der Waals surface area contributed by atoms with Crippen LogP contribution >= 0.6 is 0 Å². The number of carbonyl (C=O) groups is 1. The van der Waals surface area contributed by atoms with Crippen LogP contribution in [0, 0.1) is 70.0 Å². The molecule has 11 rings (SSSR count). The zero-order valence-corrected chi connectivity index (χ0v) is 34.9. The van der Waals surface area contributed by atoms with Gasteiger partial charge in [-0.3, -0.25) is 4.79 Å². The van der Waals surface area contributed by atoms with Gasteiger partial charge in [-0.2, -0.15) is 0 Å². The van der Waals surface area contributed by atoms with Crippen LogP contribution in [0.25, 0.3) is 0 Å². The van der Waals surface area contributed by atoms with E-state index in [9.17, 15) is 25.2 Å². The number of hydrogen-bond acceptors (Lipinski definition) is 8. The van der Waals surface area contributed by atoms with E-state index >= 15 is 0 Å². The fraction of sp³-hybridized carbons (Fsp3) is 0.627. The number of benzene rings is 2. The zero-order chi connectivity index (χ0) is 41.2. The highest BCUT2D eigenvalue weighted by atomic mass is 16.5. The molecule has 0 amide bonds. The molecule has 5 heterocycles. The number of hydrogen-bond donors (Lipinski definition) is 4. The fourth-order valence-corrected chi connectivity index (χ4v) is 13.8. The average molecular weight is 803 g/mol. The number of ether oxygens (including phenoxy) is 3. The summed E-state index contributed by atoms with van der Waals surface area (Å²) in [5.74, 6) is 12.0. The van der Waals surface area contributed by atoms with Gasteiger partial charge in [-0.05, 0) is 117 Å². The van der Waals surface area contributed by atoms with Gasteiger partial charge in [0.05, 0.1) is 42.0 Å². The lowest BCUT2D eigenvalue weighted by Crippen LogP contribution is -2.66. The molecule has 9 aliphatic rings. The zero-order valence-electron chi connectivity index (χ0n) is 34.9. The second kappa shape index (κ2) is 15.9. The predicted octanol–water partition coefficient (Wildman–Crippen LogP) is 6.19. The average Bonchev–Trinajstić information content (AvgIpc) is 3.77. The van der Waals surface area contributed by atoms with Crippen molar-refractivity contribution in [1.29, 1.82) is 0 Å². The van der Waals surface area contributed by atoms with E-state index in [0.717, 1.165) is 43.2 Å². The summed E-state index contributed by atoms with van der Waals surface area (Å²) in [5, 5.41) is 48.4. The van der Waals surface area contributed by atoms with Gasteiger partial charge in [0.1, 0.15) is 18.8 Å². The quantitative estimate of drug-likeness (QED) is 0.255. The van der Waals surface area contributed by atoms with Crippen molar-refractivity contribution in [1.82, 2.24) is 0 Å². The van der Waals surface area contributed by atoms with Crippen LogP contribution in [-0.4, -0.2) is 87.8 Å². The highest BCUT2D eigenvalue weighted by Gasteiger charge is 2.73. The van der Waals surface area contributed by atoms with E-state index < -0.39 is 52.9 Å². The smallest absolute Gasteiger partial charge is 0.159 e. The monoisotopic (exact) mass is 802 g/mol. The van der Waals surface area contributed by atoms with Crippen molar-refractivity contribution in [2.75, 3.05) is 19.8 Å². The van der Waals surface area contributed by atoms with Gasteiger partial charge in [0, 0.05) is 30.3 Å². The number of carbonyl (C=O) groups excluding carboxylic acids is 1. The van der Waals surface area contributed by atoms with Crippen molar-refractivity contribution in [2.45, 2.75) is 133 Å². The SMILES string of the molecule is CC1(O)C(O)C2OC(C(O)C#CCC3CC4C5=CC(=O)C6CC(CCC64C)OCC(c4ccccc4)C#CCOC54CCC1C34C)C(CCCc1ccccc1)C2CO. The maximum atomic E-state index is 14.6. The first-order valence-corrected chi connectivity index (χ1v) is 22.3. The van der Waals surface area contributed by atoms with Crippen LogP contribution in [0.1, 0.15) is 95.6 Å². The van der Waals surface area contributed by atoms with Gasteiger partial charge in [0.25, 0.3) is 0 Å². The molecule has 2 aromatic carbocycles. The first-order chi connectivity index (χ1) is 28.4. The van der Waals surface area contributed by atoms with Crippen LogP contribution < -0.4 is 0 Å². The molecule has 16 unspecified atom stereocenters. The summed E-state index contributed by atoms with van der Waals surface area (Å²) in [4.78, 5) is 14.6. The van der Waals surface area contributed by atoms with Crippen molar-refractivity contribution in [2.24, 2.45) is 46.3 Å². The summed E-state index contributed by atoms with van der Waals surface area (Å²) in [7, 11) is 0. The van der Waals surface area contributed by atoms with Crippen LogP contribution in [0.4, 0.5) is 0 Å². The molecular formula is C51H62O8. The topological polar surface area (TPSA) is 126 Å². The summed E-state index contributed by atoms with van der Waals surface area (Å²) in [6.45, 7) is 6.53. The van der Waals surface area contributed by atoms with Gasteiger partial charge in [0.15, 0.2) is 5.78 Å². The Hall–Kier alpha value is -3.31. The molecule has 59 heavy (non-hydrogen) atoms. The Morgan fingerprint density at radius 1 is 0.864 bits per heavy atom. The van der Waals surface area contributed by atoms with Crippen molar-refractivity contribution in [3.8, 4) is 23.7 Å². The van der Waals surface area contributed by atoms with Gasteiger partial charge in [-0.1, -0.05) is 92.3 Å². The lowest BCUT2D eigenvalue weighted by Gasteiger charge is -2.64. The van der Waals surface area contributed by atoms with Gasteiger partial charge >= 0.3 is 0 Å². The minimum Gasteiger partial charge on any atom is -0.396 e. The third-order valence-corrected chi connectivity index (χ3v) is 17.0. The van der Waals surface area contributed by atoms with E-state index in [1.165, 1.54) is 5.56 Å². The van der Waals surface area contributed by atoms with E-state index in [4.69, 9.17) is 14.2 Å². The number of aliphatic hydroxyl groups excluding tert-OH is 3. The van der Waals surface area contributed by atoms with Crippen molar-refractivity contribution >= 4 is 5.78 Å². The minimum absolute atomic E-state index is 0.0364. The summed E-state index contributed by atoms with van der Waals surface area (Å²) in [5.41, 5.74) is -0.457. The Morgan fingerprint density at radius 3 is 2.39 bits per heavy atom. The molecule has 5 aliphatic heterocycles. The van der Waals surface area contributed by atoms with Crippen molar-refractivity contribution in [3.63, 3.8) is 0 Å². The Balaban J connectivity index is 1.13. The normalized spacial score (nSPS) is 45.1. The molecule has 2 aromatic rings. The van der Waals surface area contributed by atoms with Gasteiger partial charge in [-0.15, -0.1) is 5.92 Å². The molecule has 8 nitrogen and oxygen atoms in total. The molecule has 8 heteroatoms. The first-order valence-electron chi connectivity index (χ1n) is 22.3. The van der Waals surface area contributed by atoms with Crippen LogP contribution in [-0.2, 0) is 25.4 Å². The highest BCUT2D eigenvalue weighted by molar-refractivity contribution is 5.95. The van der Waals surface area contributed by atoms with Crippen LogP contribution in [0.2, 0.25) is 0 Å².